The summed E-state index contributed by atoms with van der Waals surface area (Å²) in [6, 6.07) is 12.0. The van der Waals surface area contributed by atoms with Gasteiger partial charge in [0.25, 0.3) is 0 Å². The maximum atomic E-state index is 12.5. The first-order valence-electron chi connectivity index (χ1n) is 8.80. The Hall–Kier alpha value is -3.15. The van der Waals surface area contributed by atoms with Gasteiger partial charge >= 0.3 is 6.03 Å². The highest BCUT2D eigenvalue weighted by Gasteiger charge is 2.31. The Morgan fingerprint density at radius 2 is 2.08 bits per heavy atom. The number of benzene rings is 1. The molecule has 2 unspecified atom stereocenters. The summed E-state index contributed by atoms with van der Waals surface area (Å²) < 4.78 is 2.09. The topological polar surface area (TPSA) is 71.8 Å². The number of nitrogens with one attached hydrogen (secondary N) is 2. The van der Waals surface area contributed by atoms with Crippen molar-refractivity contribution in [1.82, 2.24) is 25.2 Å². The van der Waals surface area contributed by atoms with Crippen LogP contribution in [0, 0.1) is 0 Å². The maximum Gasteiger partial charge on any atom is 0.315 e. The van der Waals surface area contributed by atoms with E-state index in [1.807, 2.05) is 30.7 Å². The van der Waals surface area contributed by atoms with Gasteiger partial charge < -0.3 is 15.2 Å². The average Bonchev–Trinajstić information content (AvgIpc) is 3.22. The normalized spacial score (nSPS) is 18.8. The number of aryl methyl sites for hydroxylation is 1. The monoisotopic (exact) mass is 347 g/mol. The minimum Gasteiger partial charge on any atom is -0.334 e. The lowest BCUT2D eigenvalue weighted by Gasteiger charge is -2.35. The number of urea groups is 1. The van der Waals surface area contributed by atoms with E-state index in [9.17, 15) is 4.79 Å². The Balaban J connectivity index is 1.52. The number of pyridine rings is 1. The molecule has 0 saturated heterocycles. The van der Waals surface area contributed by atoms with E-state index in [0.29, 0.717) is 6.54 Å². The van der Waals surface area contributed by atoms with Crippen molar-refractivity contribution in [3.05, 3.63) is 84.2 Å². The molecule has 3 aromatic rings. The Morgan fingerprint density at radius 1 is 1.15 bits per heavy atom. The van der Waals surface area contributed by atoms with Gasteiger partial charge in [0.2, 0.25) is 0 Å². The lowest BCUT2D eigenvalue weighted by molar-refractivity contribution is 0.227. The number of imidazole rings is 1. The number of hydrogen-bond donors (Lipinski definition) is 2. The predicted octanol–water partition coefficient (Wildman–Crippen LogP) is 3.01. The van der Waals surface area contributed by atoms with Crippen LogP contribution >= 0.6 is 0 Å². The Labute approximate surface area is 152 Å². The molecule has 6 nitrogen and oxygen atoms in total. The van der Waals surface area contributed by atoms with Crippen molar-refractivity contribution in [3.8, 4) is 0 Å². The minimum atomic E-state index is -0.180. The summed E-state index contributed by atoms with van der Waals surface area (Å²) >= 11 is 0. The molecule has 0 bridgehead atoms. The number of rotatable bonds is 4. The highest BCUT2D eigenvalue weighted by atomic mass is 16.2. The van der Waals surface area contributed by atoms with E-state index >= 15 is 0 Å². The minimum absolute atomic E-state index is 0.0944. The van der Waals surface area contributed by atoms with Crippen LogP contribution in [0.4, 0.5) is 4.79 Å². The Bertz CT molecular complexity index is 863. The van der Waals surface area contributed by atoms with Crippen molar-refractivity contribution in [3.63, 3.8) is 0 Å². The SMILES string of the molecule is O=C(NCc1cccnc1)NC1c2ccccc2CCC1n1ccnc1. The van der Waals surface area contributed by atoms with E-state index < -0.39 is 0 Å². The van der Waals surface area contributed by atoms with Crippen molar-refractivity contribution >= 4 is 6.03 Å². The summed E-state index contributed by atoms with van der Waals surface area (Å²) in [6.45, 7) is 0.448. The summed E-state index contributed by atoms with van der Waals surface area (Å²) in [4.78, 5) is 20.8. The third-order valence-corrected chi connectivity index (χ3v) is 4.85. The fourth-order valence-corrected chi connectivity index (χ4v) is 3.58. The second-order valence-electron chi connectivity index (χ2n) is 6.48. The van der Waals surface area contributed by atoms with Crippen molar-refractivity contribution in [2.24, 2.45) is 0 Å². The van der Waals surface area contributed by atoms with Crippen molar-refractivity contribution in [2.45, 2.75) is 31.5 Å². The van der Waals surface area contributed by atoms with E-state index in [1.54, 1.807) is 18.6 Å². The highest BCUT2D eigenvalue weighted by molar-refractivity contribution is 5.74. The molecule has 0 aliphatic heterocycles. The van der Waals surface area contributed by atoms with E-state index in [1.165, 1.54) is 11.1 Å². The molecule has 2 N–H and O–H groups in total. The molecular weight excluding hydrogens is 326 g/mol. The lowest BCUT2D eigenvalue weighted by Crippen LogP contribution is -2.42. The molecule has 2 atom stereocenters. The summed E-state index contributed by atoms with van der Waals surface area (Å²) in [5.41, 5.74) is 3.44. The van der Waals surface area contributed by atoms with Crippen LogP contribution in [0.25, 0.3) is 0 Å². The van der Waals surface area contributed by atoms with E-state index in [4.69, 9.17) is 0 Å². The van der Waals surface area contributed by atoms with Gasteiger partial charge in [-0.3, -0.25) is 4.98 Å². The number of amides is 2. The summed E-state index contributed by atoms with van der Waals surface area (Å²) in [5, 5.41) is 6.09. The molecule has 2 aromatic heterocycles. The van der Waals surface area contributed by atoms with Crippen molar-refractivity contribution in [2.75, 3.05) is 0 Å². The van der Waals surface area contributed by atoms with Gasteiger partial charge in [0.15, 0.2) is 0 Å². The standard InChI is InChI=1S/C20H21N5O/c26-20(23-13-15-4-3-9-21-12-15)24-19-17-6-2-1-5-16(17)7-8-18(19)25-11-10-22-14-25/h1-6,9-12,14,18-19H,7-8,13H2,(H2,23,24,26). The molecule has 1 aromatic carbocycles. The lowest BCUT2D eigenvalue weighted by atomic mass is 9.84. The number of carbonyl (C=O) groups excluding carboxylic acids is 1. The number of aromatic nitrogens is 3. The fraction of sp³-hybridized carbons (Fsp3) is 0.250. The molecule has 1 aliphatic rings. The molecule has 1 aliphatic carbocycles. The van der Waals surface area contributed by atoms with E-state index in [2.05, 4.69) is 43.4 Å². The van der Waals surface area contributed by atoms with Crippen molar-refractivity contribution in [1.29, 1.82) is 0 Å². The van der Waals surface area contributed by atoms with Crippen LogP contribution in [0.1, 0.15) is 35.2 Å². The quantitative estimate of drug-likeness (QED) is 0.762. The number of nitrogens with zero attached hydrogens (tertiary/aromatic N) is 3. The summed E-state index contributed by atoms with van der Waals surface area (Å²) in [5.74, 6) is 0. The molecule has 0 fully saturated rings. The van der Waals surface area contributed by atoms with Crippen LogP contribution < -0.4 is 10.6 Å². The van der Waals surface area contributed by atoms with Crippen LogP contribution in [-0.2, 0) is 13.0 Å². The van der Waals surface area contributed by atoms with Crippen LogP contribution in [0.5, 0.6) is 0 Å². The molecule has 4 rings (SSSR count). The third-order valence-electron chi connectivity index (χ3n) is 4.85. The molecule has 2 heterocycles. The Morgan fingerprint density at radius 3 is 2.88 bits per heavy atom. The molecule has 0 saturated carbocycles. The van der Waals surface area contributed by atoms with E-state index in [-0.39, 0.29) is 18.1 Å². The van der Waals surface area contributed by atoms with Gasteiger partial charge in [0, 0.05) is 31.3 Å². The van der Waals surface area contributed by atoms with Crippen LogP contribution in [0.2, 0.25) is 0 Å². The van der Waals surface area contributed by atoms with Crippen LogP contribution in [0.15, 0.2) is 67.5 Å². The largest absolute Gasteiger partial charge is 0.334 e. The second kappa shape index (κ2) is 7.39. The Kier molecular flexibility index (Phi) is 4.64. The first-order valence-corrected chi connectivity index (χ1v) is 8.80. The van der Waals surface area contributed by atoms with Crippen molar-refractivity contribution < 1.29 is 4.79 Å². The molecule has 2 amide bonds. The number of hydrogen-bond acceptors (Lipinski definition) is 3. The summed E-state index contributed by atoms with van der Waals surface area (Å²) in [7, 11) is 0. The van der Waals surface area contributed by atoms with Gasteiger partial charge in [-0.1, -0.05) is 30.3 Å². The molecule has 6 heteroatoms. The number of carbonyl (C=O) groups is 1. The van der Waals surface area contributed by atoms with Crippen LogP contribution in [0.3, 0.4) is 0 Å². The van der Waals surface area contributed by atoms with Gasteiger partial charge in [-0.25, -0.2) is 9.78 Å². The number of fused-ring (bicyclic) bond motifs is 1. The fourth-order valence-electron chi connectivity index (χ4n) is 3.58. The third kappa shape index (κ3) is 3.44. The molecular formula is C20H21N5O. The first-order chi connectivity index (χ1) is 12.8. The zero-order chi connectivity index (χ0) is 17.8. The molecule has 0 radical (unpaired) electrons. The molecule has 132 valence electrons. The van der Waals surface area contributed by atoms with E-state index in [0.717, 1.165) is 18.4 Å². The molecule has 26 heavy (non-hydrogen) atoms. The zero-order valence-electron chi connectivity index (χ0n) is 14.4. The average molecular weight is 347 g/mol. The second-order valence-corrected chi connectivity index (χ2v) is 6.48. The van der Waals surface area contributed by atoms with Gasteiger partial charge in [0.05, 0.1) is 18.4 Å². The highest BCUT2D eigenvalue weighted by Crippen LogP contribution is 2.37. The van der Waals surface area contributed by atoms with Crippen LogP contribution in [-0.4, -0.2) is 20.6 Å². The molecule has 0 spiro atoms. The zero-order valence-corrected chi connectivity index (χ0v) is 14.4. The first kappa shape index (κ1) is 16.3. The van der Waals surface area contributed by atoms with Gasteiger partial charge in [0.1, 0.15) is 0 Å². The van der Waals surface area contributed by atoms with Gasteiger partial charge in [-0.05, 0) is 35.6 Å². The maximum absolute atomic E-state index is 12.5. The smallest absolute Gasteiger partial charge is 0.315 e. The predicted molar refractivity (Wildman–Crippen MR) is 98.4 cm³/mol. The summed E-state index contributed by atoms with van der Waals surface area (Å²) in [6.07, 6.45) is 11.0. The van der Waals surface area contributed by atoms with Gasteiger partial charge in [-0.15, -0.1) is 0 Å². The van der Waals surface area contributed by atoms with Gasteiger partial charge in [-0.2, -0.15) is 0 Å².